The number of hydrogen-bond acceptors (Lipinski definition) is 6. The van der Waals surface area contributed by atoms with Crippen LogP contribution >= 0.6 is 0 Å². The molecule has 220 valence electrons. The van der Waals surface area contributed by atoms with Gasteiger partial charge in [-0.3, -0.25) is 9.59 Å². The molecule has 3 N–H and O–H groups in total. The van der Waals surface area contributed by atoms with Crippen molar-refractivity contribution in [3.63, 3.8) is 0 Å². The van der Waals surface area contributed by atoms with Crippen LogP contribution in [0, 0.1) is 11.6 Å². The Morgan fingerprint density at radius 3 is 2.42 bits per heavy atom. The molecule has 0 unspecified atom stereocenters. The third-order valence-electron chi connectivity index (χ3n) is 6.46. The van der Waals surface area contributed by atoms with Gasteiger partial charge in [0.1, 0.15) is 17.4 Å². The maximum absolute atomic E-state index is 13.9. The maximum Gasteiger partial charge on any atom is 0.251 e. The van der Waals surface area contributed by atoms with Crippen molar-refractivity contribution >= 4 is 17.5 Å². The number of carbonyl (C=O) groups is 2. The predicted octanol–water partition coefficient (Wildman–Crippen LogP) is 3.99. The fourth-order valence-electron chi connectivity index (χ4n) is 4.60. The lowest BCUT2D eigenvalue weighted by Gasteiger charge is -2.26. The molecule has 2 amide bonds. The van der Waals surface area contributed by atoms with Gasteiger partial charge in [0.05, 0.1) is 24.4 Å². The first-order chi connectivity index (χ1) is 19.0. The van der Waals surface area contributed by atoms with E-state index < -0.39 is 29.7 Å². The van der Waals surface area contributed by atoms with Gasteiger partial charge in [0, 0.05) is 56.0 Å². The number of hydrogen-bond donors (Lipinski definition) is 3. The summed E-state index contributed by atoms with van der Waals surface area (Å²) in [4.78, 5) is 27.5. The Morgan fingerprint density at radius 2 is 1.80 bits per heavy atom. The molecular formula is C30H41F2N3O5. The Hall–Kier alpha value is -3.08. The first-order valence-corrected chi connectivity index (χ1v) is 13.9. The van der Waals surface area contributed by atoms with Crippen LogP contribution in [0.15, 0.2) is 36.4 Å². The van der Waals surface area contributed by atoms with Crippen LogP contribution in [0.1, 0.15) is 62.9 Å². The monoisotopic (exact) mass is 561 g/mol. The summed E-state index contributed by atoms with van der Waals surface area (Å²) in [5.74, 6) is -1.59. The van der Waals surface area contributed by atoms with E-state index in [1.165, 1.54) is 12.1 Å². The number of benzene rings is 2. The summed E-state index contributed by atoms with van der Waals surface area (Å²) in [5.41, 5.74) is 1.09. The summed E-state index contributed by atoms with van der Waals surface area (Å²) < 4.78 is 39.3. The molecule has 8 nitrogen and oxygen atoms in total. The Kier molecular flexibility index (Phi) is 11.8. The van der Waals surface area contributed by atoms with Gasteiger partial charge in [0.2, 0.25) is 5.91 Å². The van der Waals surface area contributed by atoms with Crippen molar-refractivity contribution in [2.45, 2.75) is 77.7 Å². The molecular weight excluding hydrogens is 520 g/mol. The fourth-order valence-corrected chi connectivity index (χ4v) is 4.60. The third-order valence-corrected chi connectivity index (χ3v) is 6.46. The molecule has 0 bridgehead atoms. The molecule has 40 heavy (non-hydrogen) atoms. The Labute approximate surface area is 235 Å². The van der Waals surface area contributed by atoms with E-state index in [2.05, 4.69) is 10.6 Å². The molecule has 10 heteroatoms. The van der Waals surface area contributed by atoms with E-state index in [0.29, 0.717) is 43.1 Å². The minimum atomic E-state index is -1.08. The van der Waals surface area contributed by atoms with Crippen LogP contribution in [-0.4, -0.2) is 67.5 Å². The van der Waals surface area contributed by atoms with Gasteiger partial charge in [-0.05, 0) is 69.9 Å². The summed E-state index contributed by atoms with van der Waals surface area (Å²) in [6.07, 6.45) is 0.727. The molecule has 3 rings (SSSR count). The Bertz CT molecular complexity index is 1130. The summed E-state index contributed by atoms with van der Waals surface area (Å²) in [6.45, 7) is 9.42. The normalized spacial score (nSPS) is 15.8. The quantitative estimate of drug-likeness (QED) is 0.304. The third kappa shape index (κ3) is 9.53. The van der Waals surface area contributed by atoms with Crippen LogP contribution in [-0.2, 0) is 16.0 Å². The summed E-state index contributed by atoms with van der Waals surface area (Å²) in [5, 5.41) is 17.0. The number of anilines is 1. The smallest absolute Gasteiger partial charge is 0.251 e. The molecule has 2 aromatic carbocycles. The second kappa shape index (κ2) is 15.1. The highest BCUT2D eigenvalue weighted by Gasteiger charge is 2.26. The summed E-state index contributed by atoms with van der Waals surface area (Å²) >= 11 is 0. The van der Waals surface area contributed by atoms with Gasteiger partial charge in [0.15, 0.2) is 0 Å². The highest BCUT2D eigenvalue weighted by Crippen LogP contribution is 2.28. The minimum Gasteiger partial charge on any atom is -0.491 e. The molecule has 1 aliphatic rings. The summed E-state index contributed by atoms with van der Waals surface area (Å²) in [7, 11) is 0. The molecule has 2 aromatic rings. The van der Waals surface area contributed by atoms with E-state index in [1.807, 2.05) is 27.7 Å². The number of aliphatic hydroxyl groups excluding tert-OH is 1. The van der Waals surface area contributed by atoms with Crippen LogP contribution in [0.2, 0.25) is 0 Å². The molecule has 1 aliphatic heterocycles. The number of carbonyl (C=O) groups excluding carboxylic acids is 2. The molecule has 0 spiro atoms. The summed E-state index contributed by atoms with van der Waals surface area (Å²) in [6, 6.07) is 7.17. The molecule has 1 heterocycles. The Balaban J connectivity index is 1.82. The van der Waals surface area contributed by atoms with Crippen LogP contribution in [0.4, 0.5) is 14.5 Å². The average Bonchev–Trinajstić information content (AvgIpc) is 3.31. The second-order valence-corrected chi connectivity index (χ2v) is 10.5. The lowest BCUT2D eigenvalue weighted by atomic mass is 10.00. The van der Waals surface area contributed by atoms with Gasteiger partial charge in [-0.2, -0.15) is 0 Å². The SMILES string of the molecule is CCCO[C@H](C)CNC[C@@H](O)[C@H](Cc1cc(F)cc(F)c1)NC(=O)c1cc(OC(C)C)cc(N2CCCC2=O)c1. The van der Waals surface area contributed by atoms with Crippen molar-refractivity contribution in [1.29, 1.82) is 0 Å². The van der Waals surface area contributed by atoms with Gasteiger partial charge in [-0.15, -0.1) is 0 Å². The van der Waals surface area contributed by atoms with Crippen LogP contribution in [0.25, 0.3) is 0 Å². The minimum absolute atomic E-state index is 0.00912. The van der Waals surface area contributed by atoms with E-state index >= 15 is 0 Å². The predicted molar refractivity (Wildman–Crippen MR) is 150 cm³/mol. The van der Waals surface area contributed by atoms with Crippen LogP contribution in [0.5, 0.6) is 5.75 Å². The van der Waals surface area contributed by atoms with Gasteiger partial charge < -0.3 is 30.1 Å². The average molecular weight is 562 g/mol. The van der Waals surface area contributed by atoms with Crippen molar-refractivity contribution < 1.29 is 33.0 Å². The van der Waals surface area contributed by atoms with E-state index in [9.17, 15) is 23.5 Å². The van der Waals surface area contributed by atoms with Crippen molar-refractivity contribution in [3.8, 4) is 5.75 Å². The highest BCUT2D eigenvalue weighted by atomic mass is 19.1. The molecule has 0 radical (unpaired) electrons. The number of halogens is 2. The molecule has 0 saturated carbocycles. The second-order valence-electron chi connectivity index (χ2n) is 10.5. The maximum atomic E-state index is 13.9. The number of rotatable bonds is 15. The number of aliphatic hydroxyl groups is 1. The van der Waals surface area contributed by atoms with Crippen molar-refractivity contribution in [1.82, 2.24) is 10.6 Å². The number of amides is 2. The zero-order chi connectivity index (χ0) is 29.2. The fraction of sp³-hybridized carbons (Fsp3) is 0.533. The topological polar surface area (TPSA) is 100 Å². The number of ether oxygens (including phenoxy) is 2. The Morgan fingerprint density at radius 1 is 1.07 bits per heavy atom. The van der Waals surface area contributed by atoms with Gasteiger partial charge >= 0.3 is 0 Å². The lowest BCUT2D eigenvalue weighted by molar-refractivity contribution is -0.117. The molecule has 3 atom stereocenters. The van der Waals surface area contributed by atoms with Gasteiger partial charge in [-0.25, -0.2) is 8.78 Å². The zero-order valence-corrected chi connectivity index (χ0v) is 23.7. The molecule has 0 aliphatic carbocycles. The van der Waals surface area contributed by atoms with Crippen molar-refractivity contribution in [3.05, 3.63) is 59.2 Å². The standard InChI is InChI=1S/C30H41F2N3O5/c1-5-9-39-20(4)17-33-18-28(36)27(12-21-10-23(31)15-24(32)11-21)34-30(38)22-13-25(35-8-6-7-29(35)37)16-26(14-22)40-19(2)3/h10-11,13-16,19-20,27-28,33,36H,5-9,12,17-18H2,1-4H3,(H,34,38)/t20-,27+,28-/m1/s1. The first-order valence-electron chi connectivity index (χ1n) is 13.9. The van der Waals surface area contributed by atoms with E-state index in [0.717, 1.165) is 18.9 Å². The van der Waals surface area contributed by atoms with E-state index in [1.54, 1.807) is 23.1 Å². The van der Waals surface area contributed by atoms with Crippen LogP contribution in [0.3, 0.4) is 0 Å². The van der Waals surface area contributed by atoms with E-state index in [-0.39, 0.29) is 36.6 Å². The highest BCUT2D eigenvalue weighted by molar-refractivity contribution is 5.99. The van der Waals surface area contributed by atoms with Crippen LogP contribution < -0.4 is 20.3 Å². The lowest BCUT2D eigenvalue weighted by Crippen LogP contribution is -2.49. The number of nitrogens with one attached hydrogen (secondary N) is 2. The first kappa shape index (κ1) is 31.4. The van der Waals surface area contributed by atoms with Gasteiger partial charge in [0.25, 0.3) is 5.91 Å². The van der Waals surface area contributed by atoms with Crippen molar-refractivity contribution in [2.24, 2.45) is 0 Å². The van der Waals surface area contributed by atoms with Gasteiger partial charge in [-0.1, -0.05) is 6.92 Å². The zero-order valence-electron chi connectivity index (χ0n) is 23.7. The molecule has 1 saturated heterocycles. The van der Waals surface area contributed by atoms with Crippen molar-refractivity contribution in [2.75, 3.05) is 31.1 Å². The molecule has 0 aromatic heterocycles. The molecule has 1 fully saturated rings. The van der Waals surface area contributed by atoms with E-state index in [4.69, 9.17) is 9.47 Å². The largest absolute Gasteiger partial charge is 0.491 e. The number of nitrogens with zero attached hydrogens (tertiary/aromatic N) is 1.